The molecular formula is C11H12FN3O. The zero-order chi connectivity index (χ0) is 11.4. The highest BCUT2D eigenvalue weighted by Gasteiger charge is 2.08. The molecule has 0 bridgehead atoms. The van der Waals surface area contributed by atoms with Gasteiger partial charge in [-0.3, -0.25) is 0 Å². The smallest absolute Gasteiger partial charge is 0.321 e. The fraction of sp³-hybridized carbons (Fsp3) is 0.273. The Morgan fingerprint density at radius 3 is 2.94 bits per heavy atom. The van der Waals surface area contributed by atoms with Gasteiger partial charge in [-0.05, 0) is 18.6 Å². The summed E-state index contributed by atoms with van der Waals surface area (Å²) in [6.07, 6.45) is 0.335. The van der Waals surface area contributed by atoms with Crippen molar-refractivity contribution in [1.29, 1.82) is 0 Å². The molecule has 0 aliphatic carbocycles. The Morgan fingerprint density at radius 1 is 1.38 bits per heavy atom. The molecule has 0 radical (unpaired) electrons. The van der Waals surface area contributed by atoms with E-state index in [1.54, 1.807) is 18.2 Å². The molecule has 0 spiro atoms. The molecule has 2 rings (SSSR count). The predicted molar refractivity (Wildman–Crippen MR) is 57.7 cm³/mol. The summed E-state index contributed by atoms with van der Waals surface area (Å²) in [5, 5.41) is 6.65. The Hall–Kier alpha value is -1.91. The van der Waals surface area contributed by atoms with Gasteiger partial charge in [-0.15, -0.1) is 0 Å². The fourth-order valence-electron chi connectivity index (χ4n) is 1.36. The van der Waals surface area contributed by atoms with Crippen LogP contribution in [0.1, 0.15) is 18.3 Å². The van der Waals surface area contributed by atoms with E-state index in [9.17, 15) is 4.39 Å². The first-order chi connectivity index (χ1) is 7.79. The van der Waals surface area contributed by atoms with E-state index in [4.69, 9.17) is 4.52 Å². The van der Waals surface area contributed by atoms with Crippen LogP contribution in [0.2, 0.25) is 0 Å². The van der Waals surface area contributed by atoms with Crippen LogP contribution in [-0.4, -0.2) is 16.7 Å². The average Bonchev–Trinajstić information content (AvgIpc) is 2.70. The van der Waals surface area contributed by atoms with Crippen molar-refractivity contribution in [1.82, 2.24) is 10.1 Å². The number of nitrogens with zero attached hydrogens (tertiary/aromatic N) is 2. The second kappa shape index (κ2) is 4.74. The van der Waals surface area contributed by atoms with Crippen LogP contribution in [0.4, 0.5) is 10.4 Å². The lowest BCUT2D eigenvalue weighted by Gasteiger charge is -1.97. The monoisotopic (exact) mass is 221 g/mol. The van der Waals surface area contributed by atoms with E-state index in [0.717, 1.165) is 0 Å². The predicted octanol–water partition coefficient (Wildman–Crippen LogP) is 2.23. The van der Waals surface area contributed by atoms with Gasteiger partial charge in [0.05, 0.1) is 0 Å². The molecule has 1 heterocycles. The average molecular weight is 221 g/mol. The SMILES string of the molecule is CCNc1nc(Cc2ccccc2F)no1. The van der Waals surface area contributed by atoms with Gasteiger partial charge in [-0.25, -0.2) is 4.39 Å². The van der Waals surface area contributed by atoms with Gasteiger partial charge in [0.2, 0.25) is 0 Å². The van der Waals surface area contributed by atoms with Crippen molar-refractivity contribution in [2.75, 3.05) is 11.9 Å². The molecule has 0 saturated heterocycles. The van der Waals surface area contributed by atoms with E-state index in [0.29, 0.717) is 30.4 Å². The number of hydrogen-bond acceptors (Lipinski definition) is 4. The molecule has 16 heavy (non-hydrogen) atoms. The molecule has 1 aromatic heterocycles. The number of rotatable bonds is 4. The summed E-state index contributed by atoms with van der Waals surface area (Å²) in [6, 6.07) is 6.93. The zero-order valence-corrected chi connectivity index (χ0v) is 8.90. The van der Waals surface area contributed by atoms with Gasteiger partial charge in [-0.2, -0.15) is 4.98 Å². The largest absolute Gasteiger partial charge is 0.338 e. The molecule has 0 saturated carbocycles. The summed E-state index contributed by atoms with van der Waals surface area (Å²) >= 11 is 0. The quantitative estimate of drug-likeness (QED) is 0.860. The first-order valence-electron chi connectivity index (χ1n) is 5.09. The standard InChI is InChI=1S/C11H12FN3O/c1-2-13-11-14-10(15-16-11)7-8-5-3-4-6-9(8)12/h3-6H,2,7H2,1H3,(H,13,14,15). The second-order valence-electron chi connectivity index (χ2n) is 3.31. The van der Waals surface area contributed by atoms with Crippen molar-refractivity contribution in [3.63, 3.8) is 0 Å². The summed E-state index contributed by atoms with van der Waals surface area (Å²) in [7, 11) is 0. The summed E-state index contributed by atoms with van der Waals surface area (Å²) in [5.41, 5.74) is 0.561. The van der Waals surface area contributed by atoms with Crippen LogP contribution in [0.5, 0.6) is 0 Å². The molecule has 1 aromatic carbocycles. The summed E-state index contributed by atoms with van der Waals surface area (Å²) < 4.78 is 18.3. The molecule has 0 atom stereocenters. The maximum Gasteiger partial charge on any atom is 0.321 e. The Bertz CT molecular complexity index is 470. The van der Waals surface area contributed by atoms with Crippen molar-refractivity contribution in [2.45, 2.75) is 13.3 Å². The Labute approximate surface area is 92.5 Å². The molecule has 5 heteroatoms. The van der Waals surface area contributed by atoms with Crippen LogP contribution in [0, 0.1) is 5.82 Å². The topological polar surface area (TPSA) is 51.0 Å². The van der Waals surface area contributed by atoms with Crippen molar-refractivity contribution in [3.05, 3.63) is 41.5 Å². The van der Waals surface area contributed by atoms with Gasteiger partial charge in [-0.1, -0.05) is 23.4 Å². The highest BCUT2D eigenvalue weighted by atomic mass is 19.1. The molecule has 84 valence electrons. The van der Waals surface area contributed by atoms with E-state index in [-0.39, 0.29) is 5.82 Å². The van der Waals surface area contributed by atoms with Gasteiger partial charge in [0, 0.05) is 13.0 Å². The number of anilines is 1. The number of hydrogen-bond donors (Lipinski definition) is 1. The molecule has 0 amide bonds. The summed E-state index contributed by atoms with van der Waals surface area (Å²) in [6.45, 7) is 2.64. The van der Waals surface area contributed by atoms with Gasteiger partial charge >= 0.3 is 6.01 Å². The first kappa shape index (κ1) is 10.6. The van der Waals surface area contributed by atoms with Crippen LogP contribution in [0.15, 0.2) is 28.8 Å². The molecule has 1 N–H and O–H groups in total. The van der Waals surface area contributed by atoms with E-state index in [1.807, 2.05) is 6.92 Å². The molecular weight excluding hydrogens is 209 g/mol. The van der Waals surface area contributed by atoms with Crippen molar-refractivity contribution >= 4 is 6.01 Å². The third kappa shape index (κ3) is 2.36. The van der Waals surface area contributed by atoms with E-state index in [1.165, 1.54) is 6.07 Å². The van der Waals surface area contributed by atoms with Crippen molar-refractivity contribution < 1.29 is 8.91 Å². The van der Waals surface area contributed by atoms with E-state index < -0.39 is 0 Å². The third-order valence-electron chi connectivity index (χ3n) is 2.10. The van der Waals surface area contributed by atoms with Gasteiger partial charge in [0.25, 0.3) is 0 Å². The number of halogens is 1. The maximum absolute atomic E-state index is 13.3. The lowest BCUT2D eigenvalue weighted by Crippen LogP contribution is -1.97. The minimum Gasteiger partial charge on any atom is -0.338 e. The molecule has 0 fully saturated rings. The summed E-state index contributed by atoms with van der Waals surface area (Å²) in [5.74, 6) is 0.221. The van der Waals surface area contributed by atoms with E-state index in [2.05, 4.69) is 15.5 Å². The third-order valence-corrected chi connectivity index (χ3v) is 2.10. The van der Waals surface area contributed by atoms with Crippen LogP contribution in [0.3, 0.4) is 0 Å². The Kier molecular flexibility index (Phi) is 3.14. The van der Waals surface area contributed by atoms with Crippen LogP contribution in [0.25, 0.3) is 0 Å². The fourth-order valence-corrected chi connectivity index (χ4v) is 1.36. The van der Waals surface area contributed by atoms with Crippen LogP contribution >= 0.6 is 0 Å². The zero-order valence-electron chi connectivity index (χ0n) is 8.90. The van der Waals surface area contributed by atoms with Crippen molar-refractivity contribution in [2.24, 2.45) is 0 Å². The summed E-state index contributed by atoms with van der Waals surface area (Å²) in [4.78, 5) is 4.08. The normalized spacial score (nSPS) is 10.4. The number of benzene rings is 1. The van der Waals surface area contributed by atoms with Crippen molar-refractivity contribution in [3.8, 4) is 0 Å². The van der Waals surface area contributed by atoms with Crippen LogP contribution < -0.4 is 5.32 Å². The number of nitrogens with one attached hydrogen (secondary N) is 1. The molecule has 4 nitrogen and oxygen atoms in total. The molecule has 0 aliphatic heterocycles. The van der Waals surface area contributed by atoms with E-state index >= 15 is 0 Å². The lowest BCUT2D eigenvalue weighted by molar-refractivity contribution is 0.424. The Morgan fingerprint density at radius 2 is 2.19 bits per heavy atom. The van der Waals surface area contributed by atoms with Crippen LogP contribution in [-0.2, 0) is 6.42 Å². The molecule has 0 unspecified atom stereocenters. The highest BCUT2D eigenvalue weighted by molar-refractivity contribution is 5.23. The minimum absolute atomic E-state index is 0.252. The number of aromatic nitrogens is 2. The minimum atomic E-state index is -0.252. The van der Waals surface area contributed by atoms with Gasteiger partial charge in [0.15, 0.2) is 5.82 Å². The molecule has 2 aromatic rings. The Balaban J connectivity index is 2.11. The van der Waals surface area contributed by atoms with Gasteiger partial charge in [0.1, 0.15) is 5.82 Å². The molecule has 0 aliphatic rings. The highest BCUT2D eigenvalue weighted by Crippen LogP contribution is 2.12. The second-order valence-corrected chi connectivity index (χ2v) is 3.31. The first-order valence-corrected chi connectivity index (χ1v) is 5.09. The van der Waals surface area contributed by atoms with Gasteiger partial charge < -0.3 is 9.84 Å². The lowest BCUT2D eigenvalue weighted by atomic mass is 10.1. The maximum atomic E-state index is 13.3.